The highest BCUT2D eigenvalue weighted by atomic mass is 16.5. The highest BCUT2D eigenvalue weighted by Crippen LogP contribution is 2.22. The Morgan fingerprint density at radius 1 is 1.07 bits per heavy atom. The molecule has 2 N–H and O–H groups in total. The topological polar surface area (TPSA) is 70.7 Å². The van der Waals surface area contributed by atoms with Crippen LogP contribution in [0.25, 0.3) is 0 Å². The maximum atomic E-state index is 13.3. The number of carbonyl (C=O) groups is 2. The lowest BCUT2D eigenvalue weighted by molar-refractivity contribution is -0.134. The lowest BCUT2D eigenvalue weighted by atomic mass is 9.95. The van der Waals surface area contributed by atoms with Crippen LogP contribution in [-0.2, 0) is 4.79 Å². The van der Waals surface area contributed by atoms with E-state index in [-0.39, 0.29) is 11.8 Å². The second-order valence-corrected chi connectivity index (χ2v) is 7.37. The molecule has 0 saturated carbocycles. The van der Waals surface area contributed by atoms with Gasteiger partial charge in [0.25, 0.3) is 5.91 Å². The molecule has 1 heterocycles. The van der Waals surface area contributed by atoms with Crippen molar-refractivity contribution in [2.45, 2.75) is 18.9 Å². The van der Waals surface area contributed by atoms with Crippen LogP contribution in [0.2, 0.25) is 0 Å². The average Bonchev–Trinajstić information content (AvgIpc) is 2.78. The summed E-state index contributed by atoms with van der Waals surface area (Å²) >= 11 is 0. The molecule has 2 aromatic carbocycles. The molecule has 0 aromatic heterocycles. The van der Waals surface area contributed by atoms with Crippen LogP contribution in [0.1, 0.15) is 34.8 Å². The number of amides is 2. The molecule has 3 rings (SSSR count). The van der Waals surface area contributed by atoms with Crippen molar-refractivity contribution in [2.75, 3.05) is 33.8 Å². The molecule has 1 unspecified atom stereocenters. The summed E-state index contributed by atoms with van der Waals surface area (Å²) in [6.07, 6.45) is 1.95. The zero-order chi connectivity index (χ0) is 20.6. The van der Waals surface area contributed by atoms with E-state index in [2.05, 4.69) is 10.6 Å². The van der Waals surface area contributed by atoms with Crippen molar-refractivity contribution in [3.8, 4) is 5.75 Å². The van der Waals surface area contributed by atoms with Gasteiger partial charge < -0.3 is 20.3 Å². The first kappa shape index (κ1) is 20.9. The number of benzene rings is 2. The second-order valence-electron chi connectivity index (χ2n) is 7.37. The smallest absolute Gasteiger partial charge is 0.252 e. The van der Waals surface area contributed by atoms with Crippen LogP contribution in [0.4, 0.5) is 0 Å². The molecule has 6 nitrogen and oxygen atoms in total. The molecule has 29 heavy (non-hydrogen) atoms. The van der Waals surface area contributed by atoms with Gasteiger partial charge in [-0.25, -0.2) is 0 Å². The van der Waals surface area contributed by atoms with Crippen LogP contribution >= 0.6 is 0 Å². The van der Waals surface area contributed by atoms with E-state index in [1.54, 1.807) is 31.4 Å². The largest absolute Gasteiger partial charge is 0.497 e. The van der Waals surface area contributed by atoms with Gasteiger partial charge in [0.2, 0.25) is 5.91 Å². The van der Waals surface area contributed by atoms with Gasteiger partial charge in [0.05, 0.1) is 7.11 Å². The van der Waals surface area contributed by atoms with Gasteiger partial charge in [-0.3, -0.25) is 9.59 Å². The molecule has 0 aliphatic carbocycles. The molecule has 0 spiro atoms. The van der Waals surface area contributed by atoms with Gasteiger partial charge in [0, 0.05) is 18.7 Å². The number of hydrogen-bond acceptors (Lipinski definition) is 4. The van der Waals surface area contributed by atoms with E-state index in [4.69, 9.17) is 4.74 Å². The van der Waals surface area contributed by atoms with E-state index in [0.29, 0.717) is 30.3 Å². The molecule has 0 bridgehead atoms. The lowest BCUT2D eigenvalue weighted by Crippen LogP contribution is -2.46. The molecule has 1 atom stereocenters. The molecular weight excluding hydrogens is 366 g/mol. The zero-order valence-corrected chi connectivity index (χ0v) is 17.1. The first-order valence-corrected chi connectivity index (χ1v) is 10.1. The Bertz CT molecular complexity index is 800. The third kappa shape index (κ3) is 5.35. The van der Waals surface area contributed by atoms with Gasteiger partial charge in [-0.2, -0.15) is 0 Å². The van der Waals surface area contributed by atoms with E-state index in [0.717, 1.165) is 24.9 Å². The summed E-state index contributed by atoms with van der Waals surface area (Å²) in [4.78, 5) is 28.0. The Kier molecular flexibility index (Phi) is 7.25. The van der Waals surface area contributed by atoms with Crippen LogP contribution in [0.15, 0.2) is 54.6 Å². The van der Waals surface area contributed by atoms with Crippen molar-refractivity contribution in [3.63, 3.8) is 0 Å². The van der Waals surface area contributed by atoms with E-state index in [1.165, 1.54) is 0 Å². The van der Waals surface area contributed by atoms with Gasteiger partial charge in [-0.15, -0.1) is 0 Å². The lowest BCUT2D eigenvalue weighted by Gasteiger charge is -2.34. The second kappa shape index (κ2) is 10.1. The predicted octanol–water partition coefficient (Wildman–Crippen LogP) is 2.62. The standard InChI is InChI=1S/C23H29N3O3/c1-24-16-17-12-14-26(15-13-17)23(28)21(18-6-4-3-5-7-18)25-22(27)19-8-10-20(29-2)11-9-19/h3-11,17,21,24H,12-16H2,1-2H3,(H,25,27). The van der Waals surface area contributed by atoms with Gasteiger partial charge in [-0.05, 0) is 62.2 Å². The molecule has 2 amide bonds. The maximum Gasteiger partial charge on any atom is 0.252 e. The van der Waals surface area contributed by atoms with Crippen LogP contribution in [-0.4, -0.2) is 50.5 Å². The number of nitrogens with one attached hydrogen (secondary N) is 2. The van der Waals surface area contributed by atoms with E-state index >= 15 is 0 Å². The van der Waals surface area contributed by atoms with Gasteiger partial charge in [-0.1, -0.05) is 30.3 Å². The Hall–Kier alpha value is -2.86. The molecular formula is C23H29N3O3. The third-order valence-electron chi connectivity index (χ3n) is 5.43. The normalized spacial score (nSPS) is 15.6. The first-order valence-electron chi connectivity index (χ1n) is 10.1. The number of ether oxygens (including phenoxy) is 1. The minimum atomic E-state index is -0.702. The molecule has 1 aliphatic heterocycles. The van der Waals surface area contributed by atoms with Crippen molar-refractivity contribution >= 4 is 11.8 Å². The number of rotatable bonds is 7. The zero-order valence-electron chi connectivity index (χ0n) is 17.1. The molecule has 2 aromatic rings. The third-order valence-corrected chi connectivity index (χ3v) is 5.43. The highest BCUT2D eigenvalue weighted by Gasteiger charge is 2.30. The Morgan fingerprint density at radius 3 is 2.31 bits per heavy atom. The summed E-state index contributed by atoms with van der Waals surface area (Å²) in [5.74, 6) is 0.940. The summed E-state index contributed by atoms with van der Waals surface area (Å²) in [7, 11) is 3.54. The summed E-state index contributed by atoms with van der Waals surface area (Å²) in [6, 6.07) is 15.6. The molecule has 1 aliphatic rings. The number of methoxy groups -OCH3 is 1. The molecule has 154 valence electrons. The van der Waals surface area contributed by atoms with Gasteiger partial charge in [0.1, 0.15) is 11.8 Å². The Labute approximate surface area is 172 Å². The number of hydrogen-bond donors (Lipinski definition) is 2. The minimum Gasteiger partial charge on any atom is -0.497 e. The predicted molar refractivity (Wildman–Crippen MR) is 113 cm³/mol. The van der Waals surface area contributed by atoms with Crippen molar-refractivity contribution in [2.24, 2.45) is 5.92 Å². The number of carbonyl (C=O) groups excluding carboxylic acids is 2. The van der Waals surface area contributed by atoms with Gasteiger partial charge in [0.15, 0.2) is 0 Å². The SMILES string of the molecule is CNCC1CCN(C(=O)C(NC(=O)c2ccc(OC)cc2)c2ccccc2)CC1. The number of nitrogens with zero attached hydrogens (tertiary/aromatic N) is 1. The van der Waals surface area contributed by atoms with E-state index in [1.807, 2.05) is 42.3 Å². The van der Waals surface area contributed by atoms with E-state index < -0.39 is 6.04 Å². The molecule has 1 fully saturated rings. The molecule has 6 heteroatoms. The summed E-state index contributed by atoms with van der Waals surface area (Å²) in [5, 5.41) is 6.15. The maximum absolute atomic E-state index is 13.3. The number of likely N-dealkylation sites (tertiary alicyclic amines) is 1. The summed E-state index contributed by atoms with van der Waals surface area (Å²) < 4.78 is 5.15. The molecule has 1 saturated heterocycles. The van der Waals surface area contributed by atoms with Crippen molar-refractivity contribution in [3.05, 3.63) is 65.7 Å². The average molecular weight is 396 g/mol. The van der Waals surface area contributed by atoms with Crippen LogP contribution in [0.3, 0.4) is 0 Å². The Morgan fingerprint density at radius 2 is 1.72 bits per heavy atom. The van der Waals surface area contributed by atoms with Crippen molar-refractivity contribution in [1.29, 1.82) is 0 Å². The molecule has 0 radical (unpaired) electrons. The fraction of sp³-hybridized carbons (Fsp3) is 0.391. The summed E-state index contributed by atoms with van der Waals surface area (Å²) in [6.45, 7) is 2.40. The van der Waals surface area contributed by atoms with Crippen molar-refractivity contribution < 1.29 is 14.3 Å². The summed E-state index contributed by atoms with van der Waals surface area (Å²) in [5.41, 5.74) is 1.28. The van der Waals surface area contributed by atoms with Crippen LogP contribution in [0.5, 0.6) is 5.75 Å². The van der Waals surface area contributed by atoms with Crippen LogP contribution in [0, 0.1) is 5.92 Å². The first-order chi connectivity index (χ1) is 14.1. The fourth-order valence-electron chi connectivity index (χ4n) is 3.72. The minimum absolute atomic E-state index is 0.0547. The Balaban J connectivity index is 1.74. The van der Waals surface area contributed by atoms with Crippen LogP contribution < -0.4 is 15.4 Å². The highest BCUT2D eigenvalue weighted by molar-refractivity contribution is 5.98. The van der Waals surface area contributed by atoms with Crippen molar-refractivity contribution in [1.82, 2.24) is 15.5 Å². The fourth-order valence-corrected chi connectivity index (χ4v) is 3.72. The van der Waals surface area contributed by atoms with Gasteiger partial charge >= 0.3 is 0 Å². The number of piperidine rings is 1. The van der Waals surface area contributed by atoms with E-state index in [9.17, 15) is 9.59 Å². The quantitative estimate of drug-likeness (QED) is 0.756. The monoisotopic (exact) mass is 395 g/mol.